The van der Waals surface area contributed by atoms with Gasteiger partial charge in [-0.15, -0.1) is 0 Å². The van der Waals surface area contributed by atoms with Crippen LogP contribution in [-0.2, 0) is 85.5 Å². The zero-order chi connectivity index (χ0) is 88.2. The standard InChI is InChI=1S/C96H174O26/c1-9-13-17-20-23-26-29-32-33-36-39-41-46-51-57-63-74(99)116-87-78(103)72(66-97)114-94(82(87)107)122-90-86(119-92-81(106)80(105)84(68(6)110-92)115-73(98)62-56-50-45-40-37-34-30-27-24-21-18-14-10-2)70(8)112-96(91(90)118-76(101)65-59-52-47-42-38-35-31-28-25-22-19-15-11-3)120-85-69(7)111-93-83(108)88(85)117-75(100)64-58-53-48-43-44-49-55-61-71(60-54-16-12-4)113-95-89(121-93)79(104)77(102)67(5)109-95/h67-72,77-97,102-108H,9-66H2,1-8H3. The van der Waals surface area contributed by atoms with Crippen molar-refractivity contribution in [2.45, 2.75) is 581 Å². The Kier molecular flexibility index (Phi) is 56.6. The number of ether oxygens (including phenoxy) is 14. The molecule has 26 atom stereocenters. The van der Waals surface area contributed by atoms with Gasteiger partial charge in [-0.05, 0) is 66.2 Å². The molecule has 6 rings (SSSR count). The molecule has 6 aliphatic rings. The molecule has 6 heterocycles. The summed E-state index contributed by atoms with van der Waals surface area (Å²) in [7, 11) is 0. The van der Waals surface area contributed by atoms with Crippen LogP contribution in [0.3, 0.4) is 0 Å². The van der Waals surface area contributed by atoms with Gasteiger partial charge in [0.05, 0.1) is 37.1 Å². The lowest BCUT2D eigenvalue weighted by Gasteiger charge is -2.51. The number of carbonyl (C=O) groups excluding carboxylic acids is 4. The second kappa shape index (κ2) is 64.0. The summed E-state index contributed by atoms with van der Waals surface area (Å²) in [5, 5.41) is 95.6. The fourth-order valence-electron chi connectivity index (χ4n) is 18.1. The molecule has 0 aromatic heterocycles. The maximum Gasteiger partial charge on any atom is 0.306 e. The van der Waals surface area contributed by atoms with Gasteiger partial charge in [0.15, 0.2) is 55.9 Å². The number of esters is 4. The second-order valence-electron chi connectivity index (χ2n) is 36.7. The highest BCUT2D eigenvalue weighted by Crippen LogP contribution is 2.41. The van der Waals surface area contributed by atoms with Crippen LogP contribution in [0.25, 0.3) is 0 Å². The lowest BCUT2D eigenvalue weighted by molar-refractivity contribution is -0.400. The molecule has 26 unspecified atom stereocenters. The van der Waals surface area contributed by atoms with Gasteiger partial charge in [0.1, 0.15) is 73.2 Å². The van der Waals surface area contributed by atoms with E-state index in [0.29, 0.717) is 51.4 Å². The fourth-order valence-corrected chi connectivity index (χ4v) is 18.1. The van der Waals surface area contributed by atoms with Gasteiger partial charge in [0.25, 0.3) is 0 Å². The largest absolute Gasteiger partial charge is 0.457 e. The molecule has 6 aliphatic heterocycles. The van der Waals surface area contributed by atoms with Crippen molar-refractivity contribution in [1.29, 1.82) is 0 Å². The van der Waals surface area contributed by atoms with Gasteiger partial charge >= 0.3 is 23.9 Å². The molecule has 8 N–H and O–H groups in total. The first kappa shape index (κ1) is 108. The van der Waals surface area contributed by atoms with Gasteiger partial charge < -0.3 is 107 Å². The van der Waals surface area contributed by atoms with Gasteiger partial charge in [0, 0.05) is 25.7 Å². The second-order valence-corrected chi connectivity index (χ2v) is 36.7. The highest BCUT2D eigenvalue weighted by Gasteiger charge is 2.59. The molecule has 26 heteroatoms. The van der Waals surface area contributed by atoms with Crippen LogP contribution in [0.15, 0.2) is 0 Å². The van der Waals surface area contributed by atoms with Crippen LogP contribution in [0.2, 0.25) is 0 Å². The first-order valence-electron chi connectivity index (χ1n) is 49.9. The van der Waals surface area contributed by atoms with E-state index < -0.39 is 184 Å². The third-order valence-corrected chi connectivity index (χ3v) is 25.9. The fraction of sp³-hybridized carbons (Fsp3) is 0.958. The summed E-state index contributed by atoms with van der Waals surface area (Å²) in [6, 6.07) is 0. The first-order valence-corrected chi connectivity index (χ1v) is 49.9. The molecule has 26 nitrogen and oxygen atoms in total. The Morgan fingerprint density at radius 2 is 0.689 bits per heavy atom. The molecule has 0 saturated carbocycles. The van der Waals surface area contributed by atoms with E-state index in [9.17, 15) is 60.0 Å². The number of fused-ring (bicyclic) bond motifs is 3. The Hall–Kier alpha value is -2.84. The summed E-state index contributed by atoms with van der Waals surface area (Å²) in [6.07, 6.45) is 14.6. The van der Waals surface area contributed by atoms with E-state index in [1.165, 1.54) is 155 Å². The Bertz CT molecular complexity index is 2670. The van der Waals surface area contributed by atoms with Gasteiger partial charge in [-0.3, -0.25) is 19.2 Å². The predicted molar refractivity (Wildman–Crippen MR) is 465 cm³/mol. The number of carbonyl (C=O) groups is 4. The number of rotatable bonds is 58. The quantitative estimate of drug-likeness (QED) is 0.0159. The van der Waals surface area contributed by atoms with Crippen LogP contribution >= 0.6 is 0 Å². The highest BCUT2D eigenvalue weighted by molar-refractivity contribution is 5.71. The summed E-state index contributed by atoms with van der Waals surface area (Å²) in [5.41, 5.74) is 0. The van der Waals surface area contributed by atoms with Gasteiger partial charge in [-0.2, -0.15) is 0 Å². The maximum absolute atomic E-state index is 14.9. The van der Waals surface area contributed by atoms with Crippen molar-refractivity contribution < 1.29 is 126 Å². The van der Waals surface area contributed by atoms with Gasteiger partial charge in [0.2, 0.25) is 0 Å². The van der Waals surface area contributed by atoms with Crippen LogP contribution in [0, 0.1) is 0 Å². The lowest BCUT2D eigenvalue weighted by atomic mass is 9.95. The molecule has 714 valence electrons. The predicted octanol–water partition coefficient (Wildman–Crippen LogP) is 17.1. The maximum atomic E-state index is 14.9. The summed E-state index contributed by atoms with van der Waals surface area (Å²) in [4.78, 5) is 56.8. The van der Waals surface area contributed by atoms with E-state index in [1.807, 2.05) is 0 Å². The van der Waals surface area contributed by atoms with E-state index >= 15 is 0 Å². The molecule has 0 radical (unpaired) electrons. The zero-order valence-electron chi connectivity index (χ0n) is 76.9. The molecule has 6 fully saturated rings. The minimum atomic E-state index is -2.02. The molecule has 0 aliphatic carbocycles. The third kappa shape index (κ3) is 39.9. The van der Waals surface area contributed by atoms with Crippen LogP contribution in [-0.4, -0.2) is 231 Å². The normalized spacial score (nSPS) is 32.8. The zero-order valence-corrected chi connectivity index (χ0v) is 76.9. The summed E-state index contributed by atoms with van der Waals surface area (Å²) >= 11 is 0. The Balaban J connectivity index is 1.30. The monoisotopic (exact) mass is 1740 g/mol. The van der Waals surface area contributed by atoms with Crippen molar-refractivity contribution >= 4 is 23.9 Å². The minimum absolute atomic E-state index is 0.0450. The average molecular weight is 1740 g/mol. The SMILES string of the molecule is CCCCCCCCCCCCCCCCCC(=O)OC1C(O)C(CO)OC(OC2C(OC3OC(C)C(OC(=O)CCCCCCCCCCCCCCC)C(O)C3O)C(C)OC(OC3C(C)OC4OC5C(OC(CCCCC)CCCCCCCCCC(=O)OC3C4O)OC(C)C(O)C5O)C2OC(=O)CCCCCCCCCCCCCCC)C1O. The van der Waals surface area contributed by atoms with Crippen molar-refractivity contribution in [2.75, 3.05) is 6.61 Å². The van der Waals surface area contributed by atoms with Crippen LogP contribution in [0.1, 0.15) is 421 Å². The molecule has 0 aromatic carbocycles. The number of aliphatic hydroxyl groups excluding tert-OH is 8. The third-order valence-electron chi connectivity index (χ3n) is 25.9. The Morgan fingerprint density at radius 3 is 1.16 bits per heavy atom. The Labute approximate surface area is 734 Å². The molecule has 0 spiro atoms. The summed E-state index contributed by atoms with van der Waals surface area (Å²) < 4.78 is 90.9. The topological polar surface area (TPSA) is 359 Å². The van der Waals surface area contributed by atoms with Crippen LogP contribution in [0.4, 0.5) is 0 Å². The number of aliphatic hydroxyl groups is 8. The highest BCUT2D eigenvalue weighted by atomic mass is 16.8. The van der Waals surface area contributed by atoms with E-state index in [2.05, 4.69) is 27.7 Å². The number of unbranched alkanes of at least 4 members (excludes halogenated alkanes) is 40. The summed E-state index contributed by atoms with van der Waals surface area (Å²) in [5.74, 6) is -2.78. The van der Waals surface area contributed by atoms with E-state index in [-0.39, 0.29) is 31.8 Å². The van der Waals surface area contributed by atoms with Crippen molar-refractivity contribution in [1.82, 2.24) is 0 Å². The van der Waals surface area contributed by atoms with Crippen molar-refractivity contribution in [3.05, 3.63) is 0 Å². The molecule has 2 bridgehead atoms. The average Bonchev–Trinajstić information content (AvgIpc) is 0.760. The molecular weight excluding hydrogens is 1570 g/mol. The molecule has 6 saturated heterocycles. The van der Waals surface area contributed by atoms with Gasteiger partial charge in [-0.1, -0.05) is 329 Å². The van der Waals surface area contributed by atoms with Crippen molar-refractivity contribution in [2.24, 2.45) is 0 Å². The summed E-state index contributed by atoms with van der Waals surface area (Å²) in [6.45, 7) is 14.2. The smallest absolute Gasteiger partial charge is 0.306 e. The molecule has 0 amide bonds. The number of hydrogen-bond donors (Lipinski definition) is 8. The molecule has 0 aromatic rings. The lowest BCUT2D eigenvalue weighted by Crippen LogP contribution is -2.68. The van der Waals surface area contributed by atoms with Crippen LogP contribution in [0.5, 0.6) is 0 Å². The van der Waals surface area contributed by atoms with Crippen molar-refractivity contribution in [3.8, 4) is 0 Å². The molecule has 122 heavy (non-hydrogen) atoms. The first-order chi connectivity index (χ1) is 59.2. The Morgan fingerprint density at radius 1 is 0.311 bits per heavy atom. The molecular formula is C96H174O26. The van der Waals surface area contributed by atoms with E-state index in [1.54, 1.807) is 20.8 Å². The number of hydrogen-bond acceptors (Lipinski definition) is 26. The van der Waals surface area contributed by atoms with Crippen molar-refractivity contribution in [3.63, 3.8) is 0 Å². The van der Waals surface area contributed by atoms with Crippen LogP contribution < -0.4 is 0 Å². The van der Waals surface area contributed by atoms with E-state index in [0.717, 1.165) is 141 Å². The van der Waals surface area contributed by atoms with E-state index in [4.69, 9.17) is 66.3 Å². The minimum Gasteiger partial charge on any atom is -0.457 e. The van der Waals surface area contributed by atoms with Gasteiger partial charge in [-0.25, -0.2) is 0 Å².